The molecule has 4 nitrogen and oxygen atoms in total. The molecule has 1 aromatic carbocycles. The molecule has 21 heavy (non-hydrogen) atoms. The summed E-state index contributed by atoms with van der Waals surface area (Å²) in [4.78, 5) is 12.1. The molecule has 0 aromatic heterocycles. The van der Waals surface area contributed by atoms with Crippen LogP contribution >= 0.6 is 24.8 Å². The van der Waals surface area contributed by atoms with Crippen LogP contribution in [0.15, 0.2) is 18.2 Å². The number of carbonyl (C=O) groups excluding carboxylic acids is 1. The third-order valence-electron chi connectivity index (χ3n) is 3.11. The van der Waals surface area contributed by atoms with Crippen LogP contribution < -0.4 is 16.0 Å². The number of anilines is 2. The number of benzene rings is 1. The Hall–Kier alpha value is -1.04. The van der Waals surface area contributed by atoms with E-state index < -0.39 is 0 Å². The summed E-state index contributed by atoms with van der Waals surface area (Å²) in [5.41, 5.74) is 1.25. The summed E-state index contributed by atoms with van der Waals surface area (Å²) in [5, 5.41) is 9.18. The monoisotopic (exact) mass is 337 g/mol. The number of hydrogen-bond donors (Lipinski definition) is 3. The number of carbonyl (C=O) groups is 1. The molecule has 1 saturated heterocycles. The van der Waals surface area contributed by atoms with E-state index in [1.807, 2.05) is 13.8 Å². The second-order valence-corrected chi connectivity index (χ2v) is 5.17. The molecule has 1 unspecified atom stereocenters. The highest BCUT2D eigenvalue weighted by molar-refractivity contribution is 5.96. The number of hydrogen-bond acceptors (Lipinski definition) is 3. The highest BCUT2D eigenvalue weighted by Crippen LogP contribution is 2.24. The van der Waals surface area contributed by atoms with E-state index in [-0.39, 0.29) is 48.5 Å². The van der Waals surface area contributed by atoms with Gasteiger partial charge < -0.3 is 16.0 Å². The summed E-state index contributed by atoms with van der Waals surface area (Å²) in [5.74, 6) is -0.330. The van der Waals surface area contributed by atoms with Crippen LogP contribution in [-0.2, 0) is 4.79 Å². The van der Waals surface area contributed by atoms with E-state index in [9.17, 15) is 9.18 Å². The Morgan fingerprint density at radius 2 is 2.05 bits per heavy atom. The fourth-order valence-electron chi connectivity index (χ4n) is 2.17. The molecule has 120 valence electrons. The zero-order valence-electron chi connectivity index (χ0n) is 12.1. The Morgan fingerprint density at radius 1 is 1.33 bits per heavy atom. The lowest BCUT2D eigenvalue weighted by atomic mass is 10.1. The van der Waals surface area contributed by atoms with Crippen molar-refractivity contribution in [1.82, 2.24) is 5.32 Å². The van der Waals surface area contributed by atoms with Gasteiger partial charge in [0.05, 0.1) is 17.3 Å². The average molecular weight is 338 g/mol. The first kappa shape index (κ1) is 20.0. The number of halogens is 3. The lowest BCUT2D eigenvalue weighted by molar-refractivity contribution is -0.119. The Kier molecular flexibility index (Phi) is 8.63. The van der Waals surface area contributed by atoms with Crippen molar-refractivity contribution in [3.05, 3.63) is 24.0 Å². The summed E-state index contributed by atoms with van der Waals surface area (Å²) in [6, 6.07) is 4.53. The predicted octanol–water partition coefficient (Wildman–Crippen LogP) is 3.04. The molecular formula is C14H22Cl2FN3O. The smallest absolute Gasteiger partial charge is 0.228 e. The van der Waals surface area contributed by atoms with E-state index in [1.54, 1.807) is 6.07 Å². The van der Waals surface area contributed by atoms with Gasteiger partial charge in [-0.2, -0.15) is 0 Å². The van der Waals surface area contributed by atoms with Gasteiger partial charge in [-0.3, -0.25) is 4.79 Å². The predicted molar refractivity (Wildman–Crippen MR) is 89.3 cm³/mol. The number of rotatable bonds is 4. The molecule has 1 aliphatic rings. The second-order valence-electron chi connectivity index (χ2n) is 5.17. The summed E-state index contributed by atoms with van der Waals surface area (Å²) >= 11 is 0. The molecule has 1 fully saturated rings. The zero-order chi connectivity index (χ0) is 13.8. The van der Waals surface area contributed by atoms with Crippen LogP contribution in [0, 0.1) is 11.7 Å². The molecule has 0 saturated carbocycles. The maximum atomic E-state index is 13.3. The van der Waals surface area contributed by atoms with Gasteiger partial charge in [0.15, 0.2) is 0 Å². The van der Waals surface area contributed by atoms with Crippen LogP contribution in [0.25, 0.3) is 0 Å². The summed E-state index contributed by atoms with van der Waals surface area (Å²) in [7, 11) is 0. The lowest BCUT2D eigenvalue weighted by Gasteiger charge is -2.17. The average Bonchev–Trinajstić information content (AvgIpc) is 2.85. The molecule has 1 aliphatic heterocycles. The fraction of sp³-hybridized carbons (Fsp3) is 0.500. The highest BCUT2D eigenvalue weighted by atomic mass is 35.5. The minimum atomic E-state index is -0.316. The molecule has 3 N–H and O–H groups in total. The Morgan fingerprint density at radius 3 is 2.62 bits per heavy atom. The number of amides is 1. The van der Waals surface area contributed by atoms with Gasteiger partial charge >= 0.3 is 0 Å². The van der Waals surface area contributed by atoms with Crippen LogP contribution in [0.1, 0.15) is 20.3 Å². The van der Waals surface area contributed by atoms with Crippen LogP contribution in [0.2, 0.25) is 0 Å². The van der Waals surface area contributed by atoms with Crippen LogP contribution in [-0.4, -0.2) is 25.0 Å². The summed E-state index contributed by atoms with van der Waals surface area (Å²) < 4.78 is 13.3. The first-order chi connectivity index (χ1) is 9.06. The van der Waals surface area contributed by atoms with Gasteiger partial charge in [0.2, 0.25) is 5.91 Å². The second kappa shape index (κ2) is 9.07. The van der Waals surface area contributed by atoms with Crippen molar-refractivity contribution in [2.75, 3.05) is 23.7 Å². The third kappa shape index (κ3) is 5.69. The van der Waals surface area contributed by atoms with E-state index in [1.165, 1.54) is 12.1 Å². The first-order valence-electron chi connectivity index (χ1n) is 6.64. The van der Waals surface area contributed by atoms with E-state index in [4.69, 9.17) is 0 Å². The molecule has 0 spiro atoms. The molecule has 0 bridgehead atoms. The van der Waals surface area contributed by atoms with Crippen LogP contribution in [0.4, 0.5) is 15.8 Å². The lowest BCUT2D eigenvalue weighted by Crippen LogP contribution is -2.25. The van der Waals surface area contributed by atoms with E-state index in [0.717, 1.165) is 13.0 Å². The molecule has 0 aliphatic carbocycles. The summed E-state index contributed by atoms with van der Waals surface area (Å²) in [6.07, 6.45) is 0.847. The van der Waals surface area contributed by atoms with E-state index >= 15 is 0 Å². The van der Waals surface area contributed by atoms with Crippen molar-refractivity contribution in [3.63, 3.8) is 0 Å². The molecule has 1 aromatic rings. The maximum absolute atomic E-state index is 13.3. The van der Waals surface area contributed by atoms with Gasteiger partial charge in [-0.25, -0.2) is 4.39 Å². The Balaban J connectivity index is 0.00000200. The van der Waals surface area contributed by atoms with Crippen molar-refractivity contribution in [1.29, 1.82) is 0 Å². The van der Waals surface area contributed by atoms with Crippen LogP contribution in [0.5, 0.6) is 0 Å². The molecule has 1 amide bonds. The molecule has 0 radical (unpaired) electrons. The minimum absolute atomic E-state index is 0. The largest absolute Gasteiger partial charge is 0.381 e. The topological polar surface area (TPSA) is 53.2 Å². The number of nitrogens with one attached hydrogen (secondary N) is 3. The molecule has 1 heterocycles. The van der Waals surface area contributed by atoms with Gasteiger partial charge in [0, 0.05) is 12.6 Å². The summed E-state index contributed by atoms with van der Waals surface area (Å²) in [6.45, 7) is 5.52. The van der Waals surface area contributed by atoms with Crippen molar-refractivity contribution in [2.24, 2.45) is 5.92 Å². The van der Waals surface area contributed by atoms with Crippen molar-refractivity contribution >= 4 is 42.1 Å². The Labute approximate surface area is 137 Å². The first-order valence-corrected chi connectivity index (χ1v) is 6.64. The molecule has 1 atom stereocenters. The van der Waals surface area contributed by atoms with Gasteiger partial charge in [-0.15, -0.1) is 24.8 Å². The molecular weight excluding hydrogens is 316 g/mol. The minimum Gasteiger partial charge on any atom is -0.381 e. The molecule has 7 heteroatoms. The standard InChI is InChI=1S/C14H20FN3O.2ClH/c1-9(2)17-13-7-11(15)3-4-12(13)18-14(19)10-5-6-16-8-10;;/h3-4,7,9-10,16-17H,5-6,8H2,1-2H3,(H,18,19);2*1H. The van der Waals surface area contributed by atoms with Gasteiger partial charge in [-0.1, -0.05) is 0 Å². The maximum Gasteiger partial charge on any atom is 0.228 e. The quantitative estimate of drug-likeness (QED) is 0.791. The van der Waals surface area contributed by atoms with Gasteiger partial charge in [0.1, 0.15) is 5.82 Å². The highest BCUT2D eigenvalue weighted by Gasteiger charge is 2.23. The van der Waals surface area contributed by atoms with Gasteiger partial charge in [0.25, 0.3) is 0 Å². The van der Waals surface area contributed by atoms with E-state index in [2.05, 4.69) is 16.0 Å². The zero-order valence-corrected chi connectivity index (χ0v) is 13.7. The van der Waals surface area contributed by atoms with Crippen molar-refractivity contribution in [2.45, 2.75) is 26.3 Å². The van der Waals surface area contributed by atoms with Crippen molar-refractivity contribution < 1.29 is 9.18 Å². The van der Waals surface area contributed by atoms with Crippen LogP contribution in [0.3, 0.4) is 0 Å². The van der Waals surface area contributed by atoms with Crippen molar-refractivity contribution in [3.8, 4) is 0 Å². The normalized spacial score (nSPS) is 16.9. The molecule has 2 rings (SSSR count). The third-order valence-corrected chi connectivity index (χ3v) is 3.11. The fourth-order valence-corrected chi connectivity index (χ4v) is 2.17. The SMILES string of the molecule is CC(C)Nc1cc(F)ccc1NC(=O)C1CCNC1.Cl.Cl. The Bertz CT molecular complexity index is 466. The van der Waals surface area contributed by atoms with E-state index in [0.29, 0.717) is 17.9 Å². The van der Waals surface area contributed by atoms with Gasteiger partial charge in [-0.05, 0) is 45.0 Å².